The Bertz CT molecular complexity index is 588. The van der Waals surface area contributed by atoms with Crippen LogP contribution in [0.1, 0.15) is 24.9 Å². The van der Waals surface area contributed by atoms with Gasteiger partial charge in [0.05, 0.1) is 15.7 Å². The molecule has 0 saturated heterocycles. The molecule has 0 radical (unpaired) electrons. The van der Waals surface area contributed by atoms with Gasteiger partial charge in [-0.15, -0.1) is 0 Å². The van der Waals surface area contributed by atoms with E-state index >= 15 is 0 Å². The topological polar surface area (TPSA) is 29.1 Å². The van der Waals surface area contributed by atoms with E-state index in [0.717, 1.165) is 18.5 Å². The molecule has 0 aliphatic carbocycles. The number of benzene rings is 2. The van der Waals surface area contributed by atoms with Crippen LogP contribution in [0, 0.1) is 5.82 Å². The summed E-state index contributed by atoms with van der Waals surface area (Å²) in [6.07, 6.45) is 0.996. The van der Waals surface area contributed by atoms with Crippen LogP contribution < -0.4 is 5.32 Å². The molecule has 2 aromatic rings. The fourth-order valence-corrected chi connectivity index (χ4v) is 3.46. The molecule has 0 heterocycles. The fraction of sp³-hybridized carbons (Fsp3) is 0.294. The van der Waals surface area contributed by atoms with E-state index in [1.54, 1.807) is 18.2 Å². The predicted molar refractivity (Wildman–Crippen MR) is 85.2 cm³/mol. The summed E-state index contributed by atoms with van der Waals surface area (Å²) >= 11 is 0. The van der Waals surface area contributed by atoms with E-state index in [1.165, 1.54) is 6.07 Å². The van der Waals surface area contributed by atoms with E-state index in [2.05, 4.69) is 12.2 Å². The van der Waals surface area contributed by atoms with Gasteiger partial charge >= 0.3 is 0 Å². The van der Waals surface area contributed by atoms with E-state index in [4.69, 9.17) is 0 Å². The van der Waals surface area contributed by atoms with Crippen molar-refractivity contribution in [3.63, 3.8) is 0 Å². The van der Waals surface area contributed by atoms with Crippen LogP contribution in [0.2, 0.25) is 0 Å². The molecule has 1 N–H and O–H groups in total. The van der Waals surface area contributed by atoms with E-state index in [0.29, 0.717) is 5.75 Å². The third-order valence-corrected chi connectivity index (χ3v) is 4.70. The molecule has 2 rings (SSSR count). The summed E-state index contributed by atoms with van der Waals surface area (Å²) in [6.45, 7) is 2.93. The third-order valence-electron chi connectivity index (χ3n) is 3.24. The van der Waals surface area contributed by atoms with Crippen molar-refractivity contribution in [1.82, 2.24) is 5.32 Å². The molecule has 0 aliphatic heterocycles. The molecule has 0 amide bonds. The molecule has 0 fully saturated rings. The van der Waals surface area contributed by atoms with Gasteiger partial charge in [0.1, 0.15) is 5.82 Å². The number of halogens is 1. The Morgan fingerprint density at radius 2 is 1.76 bits per heavy atom. The summed E-state index contributed by atoms with van der Waals surface area (Å²) < 4.78 is 26.2. The highest BCUT2D eigenvalue weighted by molar-refractivity contribution is 7.85. The third kappa shape index (κ3) is 4.48. The van der Waals surface area contributed by atoms with Gasteiger partial charge in [-0.05, 0) is 30.7 Å². The number of hydrogen-bond donors (Lipinski definition) is 1. The van der Waals surface area contributed by atoms with E-state index < -0.39 is 16.6 Å². The normalized spacial score (nSPS) is 13.8. The van der Waals surface area contributed by atoms with Crippen molar-refractivity contribution >= 4 is 10.8 Å². The summed E-state index contributed by atoms with van der Waals surface area (Å²) in [5.74, 6) is -0.0385. The Hall–Kier alpha value is -1.52. The zero-order chi connectivity index (χ0) is 15.1. The Balaban J connectivity index is 2.15. The summed E-state index contributed by atoms with van der Waals surface area (Å²) in [7, 11) is -1.37. The maximum Gasteiger partial charge on any atom is 0.139 e. The molecule has 0 spiro atoms. The molecule has 0 saturated carbocycles. The first kappa shape index (κ1) is 15.9. The Kier molecular flexibility index (Phi) is 6.08. The second-order valence-electron chi connectivity index (χ2n) is 4.86. The summed E-state index contributed by atoms with van der Waals surface area (Å²) in [6, 6.07) is 16.1. The first-order valence-corrected chi connectivity index (χ1v) is 8.45. The van der Waals surface area contributed by atoms with E-state index in [1.807, 2.05) is 30.3 Å². The Labute approximate surface area is 127 Å². The van der Waals surface area contributed by atoms with Crippen LogP contribution in [0.25, 0.3) is 0 Å². The molecule has 2 aromatic carbocycles. The smallest absolute Gasteiger partial charge is 0.139 e. The molecule has 0 bridgehead atoms. The van der Waals surface area contributed by atoms with E-state index in [-0.39, 0.29) is 10.9 Å². The standard InChI is InChI=1S/C17H20FNOS/c1-2-12-19-16(14-8-4-3-5-9-14)13-21(20)17-11-7-6-10-15(17)18/h3-11,16,19H,2,12-13H2,1H3. The minimum atomic E-state index is -1.37. The highest BCUT2D eigenvalue weighted by Crippen LogP contribution is 2.19. The number of nitrogens with one attached hydrogen (secondary N) is 1. The molecule has 0 aromatic heterocycles. The second-order valence-corrected chi connectivity index (χ2v) is 6.32. The van der Waals surface area contributed by atoms with Crippen LogP contribution in [0.5, 0.6) is 0 Å². The largest absolute Gasteiger partial charge is 0.309 e. The lowest BCUT2D eigenvalue weighted by molar-refractivity contribution is 0.564. The molecule has 2 atom stereocenters. The zero-order valence-corrected chi connectivity index (χ0v) is 12.9. The van der Waals surface area contributed by atoms with Gasteiger partial charge in [0.15, 0.2) is 0 Å². The van der Waals surface area contributed by atoms with Crippen molar-refractivity contribution in [1.29, 1.82) is 0 Å². The molecule has 4 heteroatoms. The molecule has 0 aliphatic rings. The first-order chi connectivity index (χ1) is 10.2. The van der Waals surface area contributed by atoms with Crippen LogP contribution in [0.4, 0.5) is 4.39 Å². The molecule has 2 unspecified atom stereocenters. The maximum atomic E-state index is 13.7. The summed E-state index contributed by atoms with van der Waals surface area (Å²) in [5, 5.41) is 3.39. The van der Waals surface area contributed by atoms with Crippen molar-refractivity contribution < 1.29 is 8.60 Å². The molecule has 112 valence electrons. The quantitative estimate of drug-likeness (QED) is 0.845. The van der Waals surface area contributed by atoms with Gasteiger partial charge in [0.2, 0.25) is 0 Å². The zero-order valence-electron chi connectivity index (χ0n) is 12.1. The van der Waals surface area contributed by atoms with Crippen molar-refractivity contribution in [3.05, 3.63) is 66.0 Å². The SMILES string of the molecule is CCCNC(CS(=O)c1ccccc1F)c1ccccc1. The number of hydrogen-bond acceptors (Lipinski definition) is 2. The highest BCUT2D eigenvalue weighted by atomic mass is 32.2. The Morgan fingerprint density at radius 1 is 1.10 bits per heavy atom. The second kappa shape index (κ2) is 8.05. The lowest BCUT2D eigenvalue weighted by Crippen LogP contribution is -2.27. The van der Waals surface area contributed by atoms with Crippen LogP contribution >= 0.6 is 0 Å². The van der Waals surface area contributed by atoms with E-state index in [9.17, 15) is 8.60 Å². The van der Waals surface area contributed by atoms with Crippen LogP contribution in [0.3, 0.4) is 0 Å². The predicted octanol–water partition coefficient (Wildman–Crippen LogP) is 3.67. The van der Waals surface area contributed by atoms with Gasteiger partial charge in [0, 0.05) is 11.8 Å². The molecule has 21 heavy (non-hydrogen) atoms. The minimum absolute atomic E-state index is 0.0356. The van der Waals surface area contributed by atoms with Gasteiger partial charge in [-0.3, -0.25) is 4.21 Å². The fourth-order valence-electron chi connectivity index (χ4n) is 2.15. The van der Waals surface area contributed by atoms with Crippen molar-refractivity contribution in [3.8, 4) is 0 Å². The van der Waals surface area contributed by atoms with Crippen molar-refractivity contribution in [2.75, 3.05) is 12.3 Å². The van der Waals surface area contributed by atoms with Crippen molar-refractivity contribution in [2.24, 2.45) is 0 Å². The summed E-state index contributed by atoms with van der Waals surface area (Å²) in [5.41, 5.74) is 1.08. The first-order valence-electron chi connectivity index (χ1n) is 7.13. The molecular formula is C17H20FNOS. The molecular weight excluding hydrogens is 285 g/mol. The average molecular weight is 305 g/mol. The van der Waals surface area contributed by atoms with Gasteiger partial charge < -0.3 is 5.32 Å². The maximum absolute atomic E-state index is 13.7. The van der Waals surface area contributed by atoms with Crippen LogP contribution in [0.15, 0.2) is 59.5 Å². The average Bonchev–Trinajstić information content (AvgIpc) is 2.52. The summed E-state index contributed by atoms with van der Waals surface area (Å²) in [4.78, 5) is 0.275. The monoisotopic (exact) mass is 305 g/mol. The van der Waals surface area contributed by atoms with Crippen LogP contribution in [-0.2, 0) is 10.8 Å². The van der Waals surface area contributed by atoms with Crippen LogP contribution in [-0.4, -0.2) is 16.5 Å². The van der Waals surface area contributed by atoms with Gasteiger partial charge in [0.25, 0.3) is 0 Å². The highest BCUT2D eigenvalue weighted by Gasteiger charge is 2.17. The lowest BCUT2D eigenvalue weighted by Gasteiger charge is -2.18. The van der Waals surface area contributed by atoms with Gasteiger partial charge in [-0.25, -0.2) is 4.39 Å². The van der Waals surface area contributed by atoms with Gasteiger partial charge in [-0.1, -0.05) is 49.4 Å². The molecule has 2 nitrogen and oxygen atoms in total. The van der Waals surface area contributed by atoms with Crippen molar-refractivity contribution in [2.45, 2.75) is 24.3 Å². The van der Waals surface area contributed by atoms with Gasteiger partial charge in [-0.2, -0.15) is 0 Å². The minimum Gasteiger partial charge on any atom is -0.309 e. The Morgan fingerprint density at radius 3 is 2.43 bits per heavy atom. The lowest BCUT2D eigenvalue weighted by atomic mass is 10.1. The number of rotatable bonds is 7.